The second kappa shape index (κ2) is 7.90. The third-order valence-electron chi connectivity index (χ3n) is 4.33. The fraction of sp³-hybridized carbons (Fsp3) is 0.389. The van der Waals surface area contributed by atoms with Crippen molar-refractivity contribution in [1.82, 2.24) is 14.5 Å². The summed E-state index contributed by atoms with van der Waals surface area (Å²) in [5, 5.41) is 17.0. The zero-order valence-electron chi connectivity index (χ0n) is 15.2. The van der Waals surface area contributed by atoms with Crippen LogP contribution in [0.1, 0.15) is 18.4 Å². The lowest BCUT2D eigenvalue weighted by atomic mass is 10.1. The minimum absolute atomic E-state index is 0.178. The van der Waals surface area contributed by atoms with Crippen molar-refractivity contribution in [2.45, 2.75) is 23.8 Å². The van der Waals surface area contributed by atoms with Crippen LogP contribution < -0.4 is 9.64 Å². The molecule has 1 aliphatic heterocycles. The Morgan fingerprint density at radius 1 is 1.19 bits per heavy atom. The molecule has 1 fully saturated rings. The number of piperidine rings is 1. The van der Waals surface area contributed by atoms with Gasteiger partial charge < -0.3 is 9.64 Å². The maximum absolute atomic E-state index is 12.9. The molecule has 0 aliphatic carbocycles. The molecule has 1 aromatic heterocycles. The van der Waals surface area contributed by atoms with E-state index in [-0.39, 0.29) is 17.5 Å². The summed E-state index contributed by atoms with van der Waals surface area (Å²) in [5.41, 5.74) is 0.425. The van der Waals surface area contributed by atoms with Crippen molar-refractivity contribution in [1.29, 1.82) is 5.26 Å². The van der Waals surface area contributed by atoms with Gasteiger partial charge in [0, 0.05) is 26.7 Å². The molecular weight excluding hydrogens is 366 g/mol. The zero-order valence-corrected chi connectivity index (χ0v) is 16.1. The predicted molar refractivity (Wildman–Crippen MR) is 99.9 cm³/mol. The highest BCUT2D eigenvalue weighted by Crippen LogP contribution is 2.23. The van der Waals surface area contributed by atoms with E-state index in [2.05, 4.69) is 10.2 Å². The molecule has 1 aromatic carbocycles. The molecule has 0 bridgehead atoms. The van der Waals surface area contributed by atoms with Gasteiger partial charge >= 0.3 is 0 Å². The van der Waals surface area contributed by atoms with E-state index in [4.69, 9.17) is 10.00 Å². The zero-order chi connectivity index (χ0) is 19.4. The van der Waals surface area contributed by atoms with Crippen LogP contribution in [-0.2, 0) is 10.0 Å². The Morgan fingerprint density at radius 2 is 1.93 bits per heavy atom. The van der Waals surface area contributed by atoms with Crippen molar-refractivity contribution in [2.75, 3.05) is 32.1 Å². The average molecular weight is 387 g/mol. The number of rotatable bonds is 5. The molecular formula is C18H21N5O3S. The summed E-state index contributed by atoms with van der Waals surface area (Å²) in [5.74, 6) is 1.10. The van der Waals surface area contributed by atoms with Gasteiger partial charge in [0.1, 0.15) is 6.10 Å². The smallest absolute Gasteiger partial charge is 0.243 e. The van der Waals surface area contributed by atoms with E-state index in [0.29, 0.717) is 24.4 Å². The minimum atomic E-state index is -3.63. The first-order valence-electron chi connectivity index (χ1n) is 8.58. The summed E-state index contributed by atoms with van der Waals surface area (Å²) in [6.07, 6.45) is 1.16. The lowest BCUT2D eigenvalue weighted by molar-refractivity contribution is 0.123. The summed E-state index contributed by atoms with van der Waals surface area (Å²) in [6, 6.07) is 11.5. The van der Waals surface area contributed by atoms with E-state index < -0.39 is 10.0 Å². The molecule has 2 aromatic rings. The molecule has 0 spiro atoms. The first-order valence-corrected chi connectivity index (χ1v) is 10.0. The number of anilines is 1. The SMILES string of the molecule is CN(C)c1ccc(OC2CCCN(S(=O)(=O)c3ccc(C#N)cc3)C2)nn1. The quantitative estimate of drug-likeness (QED) is 0.769. The van der Waals surface area contributed by atoms with Gasteiger partial charge in [-0.25, -0.2) is 8.42 Å². The highest BCUT2D eigenvalue weighted by atomic mass is 32.2. The van der Waals surface area contributed by atoms with Crippen molar-refractivity contribution in [3.05, 3.63) is 42.0 Å². The maximum Gasteiger partial charge on any atom is 0.243 e. The molecule has 0 N–H and O–H groups in total. The van der Waals surface area contributed by atoms with Crippen LogP contribution in [0.25, 0.3) is 0 Å². The number of benzene rings is 1. The standard InChI is InChI=1S/C18H21N5O3S/c1-22(2)17-9-10-18(21-20-17)26-15-4-3-11-23(13-15)27(24,25)16-7-5-14(12-19)6-8-16/h5-10,15H,3-4,11,13H2,1-2H3. The van der Waals surface area contributed by atoms with Gasteiger partial charge in [-0.1, -0.05) is 0 Å². The molecule has 1 saturated heterocycles. The van der Waals surface area contributed by atoms with E-state index in [1.807, 2.05) is 25.1 Å². The van der Waals surface area contributed by atoms with Gasteiger partial charge in [0.2, 0.25) is 15.9 Å². The van der Waals surface area contributed by atoms with Crippen LogP contribution in [0.4, 0.5) is 5.82 Å². The molecule has 0 radical (unpaired) electrons. The highest BCUT2D eigenvalue weighted by Gasteiger charge is 2.31. The van der Waals surface area contributed by atoms with Crippen LogP contribution in [0.15, 0.2) is 41.3 Å². The fourth-order valence-electron chi connectivity index (χ4n) is 2.86. The number of hydrogen-bond acceptors (Lipinski definition) is 7. The fourth-order valence-corrected chi connectivity index (χ4v) is 4.37. The molecule has 2 heterocycles. The van der Waals surface area contributed by atoms with E-state index in [1.54, 1.807) is 12.1 Å². The molecule has 1 atom stereocenters. The van der Waals surface area contributed by atoms with Crippen LogP contribution in [-0.4, -0.2) is 56.2 Å². The molecule has 0 amide bonds. The van der Waals surface area contributed by atoms with Crippen molar-refractivity contribution < 1.29 is 13.2 Å². The number of hydrogen-bond donors (Lipinski definition) is 0. The van der Waals surface area contributed by atoms with Gasteiger partial charge in [-0.05, 0) is 43.2 Å². The second-order valence-corrected chi connectivity index (χ2v) is 8.44. The monoisotopic (exact) mass is 387 g/mol. The lowest BCUT2D eigenvalue weighted by Gasteiger charge is -2.31. The van der Waals surface area contributed by atoms with E-state index in [1.165, 1.54) is 28.6 Å². The molecule has 27 heavy (non-hydrogen) atoms. The number of nitrogens with zero attached hydrogens (tertiary/aromatic N) is 5. The average Bonchev–Trinajstić information content (AvgIpc) is 2.68. The Kier molecular flexibility index (Phi) is 5.58. The Balaban J connectivity index is 1.70. The van der Waals surface area contributed by atoms with Gasteiger partial charge in [-0.3, -0.25) is 0 Å². The van der Waals surface area contributed by atoms with E-state index in [9.17, 15) is 8.42 Å². The van der Waals surface area contributed by atoms with Gasteiger partial charge in [0.15, 0.2) is 5.82 Å². The van der Waals surface area contributed by atoms with Crippen molar-refractivity contribution >= 4 is 15.8 Å². The van der Waals surface area contributed by atoms with Gasteiger partial charge in [-0.2, -0.15) is 9.57 Å². The number of ether oxygens (including phenoxy) is 1. The normalized spacial score (nSPS) is 17.9. The van der Waals surface area contributed by atoms with E-state index in [0.717, 1.165) is 12.2 Å². The molecule has 1 unspecified atom stereocenters. The summed E-state index contributed by atoms with van der Waals surface area (Å²) in [7, 11) is 0.116. The summed E-state index contributed by atoms with van der Waals surface area (Å²) < 4.78 is 33.0. The van der Waals surface area contributed by atoms with Crippen LogP contribution in [0.5, 0.6) is 5.88 Å². The number of aromatic nitrogens is 2. The topological polar surface area (TPSA) is 99.4 Å². The Hall–Kier alpha value is -2.70. The van der Waals surface area contributed by atoms with Crippen LogP contribution in [0, 0.1) is 11.3 Å². The third-order valence-corrected chi connectivity index (χ3v) is 6.21. The van der Waals surface area contributed by atoms with Gasteiger partial charge in [0.25, 0.3) is 0 Å². The number of sulfonamides is 1. The minimum Gasteiger partial charge on any atom is -0.472 e. The Labute approximate surface area is 159 Å². The second-order valence-electron chi connectivity index (χ2n) is 6.51. The summed E-state index contributed by atoms with van der Waals surface area (Å²) in [6.45, 7) is 0.687. The highest BCUT2D eigenvalue weighted by molar-refractivity contribution is 7.89. The molecule has 8 nitrogen and oxygen atoms in total. The van der Waals surface area contributed by atoms with Gasteiger partial charge in [0.05, 0.1) is 23.1 Å². The first kappa shape index (κ1) is 19.1. The Morgan fingerprint density at radius 3 is 2.52 bits per heavy atom. The lowest BCUT2D eigenvalue weighted by Crippen LogP contribution is -2.44. The molecule has 0 saturated carbocycles. The van der Waals surface area contributed by atoms with Crippen LogP contribution in [0.2, 0.25) is 0 Å². The van der Waals surface area contributed by atoms with Crippen molar-refractivity contribution in [2.24, 2.45) is 0 Å². The van der Waals surface area contributed by atoms with Gasteiger partial charge in [-0.15, -0.1) is 10.2 Å². The molecule has 9 heteroatoms. The van der Waals surface area contributed by atoms with Crippen LogP contribution >= 0.6 is 0 Å². The van der Waals surface area contributed by atoms with Crippen LogP contribution in [0.3, 0.4) is 0 Å². The number of nitriles is 1. The molecule has 1 aliphatic rings. The molecule has 3 rings (SSSR count). The predicted octanol–water partition coefficient (Wildman–Crippen LogP) is 1.65. The largest absolute Gasteiger partial charge is 0.472 e. The first-order chi connectivity index (χ1) is 12.9. The molecule has 142 valence electrons. The van der Waals surface area contributed by atoms with Crippen molar-refractivity contribution in [3.63, 3.8) is 0 Å². The van der Waals surface area contributed by atoms with E-state index >= 15 is 0 Å². The summed E-state index contributed by atoms with van der Waals surface area (Å²) >= 11 is 0. The third kappa shape index (κ3) is 4.35. The Bertz CT molecular complexity index is 921. The maximum atomic E-state index is 12.9. The summed E-state index contributed by atoms with van der Waals surface area (Å²) in [4.78, 5) is 2.01. The van der Waals surface area contributed by atoms with Crippen molar-refractivity contribution in [3.8, 4) is 11.9 Å².